The summed E-state index contributed by atoms with van der Waals surface area (Å²) in [4.78, 5) is 29.0. The number of hydrogen-bond donors (Lipinski definition) is 1. The Morgan fingerprint density at radius 3 is 2.39 bits per heavy atom. The number of amides is 2. The lowest BCUT2D eigenvalue weighted by atomic mass is 9.90. The molecular weight excluding hydrogens is 459 g/mol. The molecule has 33 heavy (non-hydrogen) atoms. The number of halogens is 4. The van der Waals surface area contributed by atoms with Crippen LogP contribution in [0.5, 0.6) is 0 Å². The van der Waals surface area contributed by atoms with Gasteiger partial charge in [-0.05, 0) is 62.1 Å². The Kier molecular flexibility index (Phi) is 5.55. The van der Waals surface area contributed by atoms with Crippen LogP contribution in [0.4, 0.5) is 13.2 Å². The number of rotatable bonds is 3. The molecule has 0 atom stereocenters. The molecule has 0 bridgehead atoms. The molecule has 2 aliphatic carbocycles. The molecule has 2 N–H and O–H groups in total. The molecule has 3 heterocycles. The van der Waals surface area contributed by atoms with E-state index in [0.29, 0.717) is 16.6 Å². The summed E-state index contributed by atoms with van der Waals surface area (Å²) in [6, 6.07) is 2.94. The van der Waals surface area contributed by atoms with Crippen LogP contribution in [-0.4, -0.2) is 62.9 Å². The zero-order valence-electron chi connectivity index (χ0n) is 17.9. The molecule has 3 aliphatic rings. The number of aromatic nitrogens is 2. The maximum absolute atomic E-state index is 13.7. The van der Waals surface area contributed by atoms with Crippen molar-refractivity contribution in [3.63, 3.8) is 0 Å². The quantitative estimate of drug-likeness (QED) is 0.725. The molecule has 178 valence electrons. The van der Waals surface area contributed by atoms with Gasteiger partial charge in [-0.15, -0.1) is 0 Å². The molecule has 3 fully saturated rings. The first-order valence-electron chi connectivity index (χ1n) is 11.3. The Bertz CT molecular complexity index is 1110. The Morgan fingerprint density at radius 1 is 1.09 bits per heavy atom. The molecule has 2 aromatic rings. The summed E-state index contributed by atoms with van der Waals surface area (Å²) in [5, 5.41) is 3.83. The Balaban J connectivity index is 1.40. The van der Waals surface area contributed by atoms with E-state index in [-0.39, 0.29) is 53.2 Å². The van der Waals surface area contributed by atoms with Gasteiger partial charge in [0.15, 0.2) is 5.69 Å². The van der Waals surface area contributed by atoms with Crippen molar-refractivity contribution in [2.45, 2.75) is 62.7 Å². The van der Waals surface area contributed by atoms with Crippen molar-refractivity contribution >= 4 is 28.9 Å². The van der Waals surface area contributed by atoms with Gasteiger partial charge in [0, 0.05) is 25.2 Å². The lowest BCUT2D eigenvalue weighted by Gasteiger charge is -2.41. The van der Waals surface area contributed by atoms with E-state index in [1.54, 1.807) is 11.0 Å². The fourth-order valence-electron chi connectivity index (χ4n) is 4.94. The third-order valence-electron chi connectivity index (χ3n) is 6.96. The number of alkyl halides is 3. The van der Waals surface area contributed by atoms with E-state index >= 15 is 0 Å². The van der Waals surface area contributed by atoms with Crippen molar-refractivity contribution in [1.82, 2.24) is 19.4 Å². The highest BCUT2D eigenvalue weighted by atomic mass is 35.5. The lowest BCUT2D eigenvalue weighted by Crippen LogP contribution is -2.56. The summed E-state index contributed by atoms with van der Waals surface area (Å²) in [6.07, 6.45) is 0.388. The predicted octanol–water partition coefficient (Wildman–Crippen LogP) is 3.44. The van der Waals surface area contributed by atoms with Gasteiger partial charge in [0.2, 0.25) is 5.91 Å². The van der Waals surface area contributed by atoms with Crippen LogP contribution >= 0.6 is 11.6 Å². The van der Waals surface area contributed by atoms with E-state index < -0.39 is 17.8 Å². The van der Waals surface area contributed by atoms with Gasteiger partial charge in [-0.3, -0.25) is 9.59 Å². The summed E-state index contributed by atoms with van der Waals surface area (Å²) in [6.45, 7) is 0.497. The predicted molar refractivity (Wildman–Crippen MR) is 115 cm³/mol. The first kappa shape index (κ1) is 22.5. The van der Waals surface area contributed by atoms with Gasteiger partial charge in [0.05, 0.1) is 10.5 Å². The number of piperazine rings is 1. The number of nitrogens with zero attached hydrogens (tertiary/aromatic N) is 4. The molecule has 1 aliphatic heterocycles. The molecular formula is C22H25ClF3N5O2. The number of fused-ring (bicyclic) bond motifs is 1. The van der Waals surface area contributed by atoms with E-state index in [0.717, 1.165) is 44.6 Å². The van der Waals surface area contributed by atoms with Gasteiger partial charge in [-0.1, -0.05) is 11.6 Å². The number of pyridine rings is 1. The van der Waals surface area contributed by atoms with Crippen LogP contribution in [0, 0.1) is 0 Å². The van der Waals surface area contributed by atoms with Gasteiger partial charge in [0.1, 0.15) is 12.2 Å². The molecule has 0 radical (unpaired) electrons. The summed E-state index contributed by atoms with van der Waals surface area (Å²) in [5.74, 6) is -0.744. The van der Waals surface area contributed by atoms with Crippen molar-refractivity contribution < 1.29 is 22.8 Å². The zero-order valence-corrected chi connectivity index (χ0v) is 18.7. The molecule has 2 aromatic heterocycles. The van der Waals surface area contributed by atoms with E-state index in [1.165, 1.54) is 4.90 Å². The average Bonchev–Trinajstić information content (AvgIpc) is 3.57. The van der Waals surface area contributed by atoms with E-state index in [2.05, 4.69) is 5.10 Å². The average molecular weight is 484 g/mol. The maximum Gasteiger partial charge on any atom is 0.433 e. The van der Waals surface area contributed by atoms with Crippen LogP contribution in [0.15, 0.2) is 12.1 Å². The van der Waals surface area contributed by atoms with Crippen molar-refractivity contribution in [1.29, 1.82) is 0 Å². The Morgan fingerprint density at radius 2 is 1.79 bits per heavy atom. The number of hydrogen-bond acceptors (Lipinski definition) is 4. The number of nitrogens with two attached hydrogens (primary N) is 1. The molecule has 1 saturated heterocycles. The highest BCUT2D eigenvalue weighted by Crippen LogP contribution is 2.43. The van der Waals surface area contributed by atoms with Crippen molar-refractivity contribution in [3.8, 4) is 0 Å². The SMILES string of the molecule is NC1CCC(N2CCN(C(=O)c3nn4c(C(F)(F)F)cc(C5CC5)cc4c3Cl)CC2=O)CC1. The van der Waals surface area contributed by atoms with E-state index in [4.69, 9.17) is 17.3 Å². The van der Waals surface area contributed by atoms with Gasteiger partial charge in [-0.2, -0.15) is 18.3 Å². The van der Waals surface area contributed by atoms with Gasteiger partial charge < -0.3 is 15.5 Å². The Labute approximate surface area is 193 Å². The fourth-order valence-corrected chi connectivity index (χ4v) is 5.19. The highest BCUT2D eigenvalue weighted by molar-refractivity contribution is 6.36. The minimum absolute atomic E-state index is 0.0558. The second-order valence-electron chi connectivity index (χ2n) is 9.29. The molecule has 0 spiro atoms. The summed E-state index contributed by atoms with van der Waals surface area (Å²) < 4.78 is 41.8. The van der Waals surface area contributed by atoms with E-state index in [1.807, 2.05) is 0 Å². The molecule has 11 heteroatoms. The normalized spacial score (nSPS) is 24.6. The van der Waals surface area contributed by atoms with E-state index in [9.17, 15) is 22.8 Å². The monoisotopic (exact) mass is 483 g/mol. The van der Waals surface area contributed by atoms with Gasteiger partial charge >= 0.3 is 6.18 Å². The second-order valence-corrected chi connectivity index (χ2v) is 9.67. The zero-order chi connectivity index (χ0) is 23.5. The van der Waals surface area contributed by atoms with Crippen LogP contribution in [0.3, 0.4) is 0 Å². The first-order valence-corrected chi connectivity index (χ1v) is 11.6. The fraction of sp³-hybridized carbons (Fsp3) is 0.591. The van der Waals surface area contributed by atoms with Crippen LogP contribution in [0.2, 0.25) is 5.02 Å². The smallest absolute Gasteiger partial charge is 0.336 e. The highest BCUT2D eigenvalue weighted by Gasteiger charge is 2.39. The third kappa shape index (κ3) is 4.19. The first-order chi connectivity index (χ1) is 15.6. The number of carbonyl (C=O) groups is 2. The lowest BCUT2D eigenvalue weighted by molar-refractivity contribution is -0.142. The Hall–Kier alpha value is -2.33. The van der Waals surface area contributed by atoms with Crippen LogP contribution in [0.25, 0.3) is 5.52 Å². The van der Waals surface area contributed by atoms with Crippen LogP contribution in [-0.2, 0) is 11.0 Å². The van der Waals surface area contributed by atoms with Crippen LogP contribution < -0.4 is 5.73 Å². The largest absolute Gasteiger partial charge is 0.433 e. The minimum Gasteiger partial charge on any atom is -0.336 e. The van der Waals surface area contributed by atoms with Gasteiger partial charge in [-0.25, -0.2) is 4.52 Å². The van der Waals surface area contributed by atoms with Gasteiger partial charge in [0.25, 0.3) is 5.91 Å². The topological polar surface area (TPSA) is 83.9 Å². The molecule has 5 rings (SSSR count). The maximum atomic E-state index is 13.7. The molecule has 7 nitrogen and oxygen atoms in total. The van der Waals surface area contributed by atoms with Crippen molar-refractivity contribution in [3.05, 3.63) is 34.1 Å². The summed E-state index contributed by atoms with van der Waals surface area (Å²) >= 11 is 6.39. The molecule has 2 saturated carbocycles. The second kappa shape index (κ2) is 8.16. The molecule has 0 unspecified atom stereocenters. The van der Waals surface area contributed by atoms with Crippen molar-refractivity contribution in [2.75, 3.05) is 19.6 Å². The molecule has 2 amide bonds. The standard InChI is InChI=1S/C22H25ClF3N5O2/c23-19-16-9-13(12-1-2-12)10-17(22(24,25)26)31(16)28-20(19)21(33)29-7-8-30(18(32)11-29)15-5-3-14(27)4-6-15/h9-10,12,14-15H,1-8,11,27H2. The third-order valence-corrected chi connectivity index (χ3v) is 7.34. The summed E-state index contributed by atoms with van der Waals surface area (Å²) in [7, 11) is 0. The number of carbonyl (C=O) groups excluding carboxylic acids is 2. The van der Waals surface area contributed by atoms with Crippen LogP contribution in [0.1, 0.15) is 66.2 Å². The minimum atomic E-state index is -4.65. The molecule has 0 aromatic carbocycles. The van der Waals surface area contributed by atoms with Crippen molar-refractivity contribution in [2.24, 2.45) is 5.73 Å². The summed E-state index contributed by atoms with van der Waals surface area (Å²) in [5.41, 5.74) is 5.33.